The highest BCUT2D eigenvalue weighted by molar-refractivity contribution is 6.31. The van der Waals surface area contributed by atoms with Gasteiger partial charge in [-0.1, -0.05) is 17.7 Å². The van der Waals surface area contributed by atoms with E-state index in [0.717, 1.165) is 12.0 Å². The maximum absolute atomic E-state index is 10.1. The van der Waals surface area contributed by atoms with Crippen molar-refractivity contribution in [1.82, 2.24) is 5.32 Å². The zero-order valence-electron chi connectivity index (χ0n) is 7.29. The van der Waals surface area contributed by atoms with Crippen LogP contribution in [0.3, 0.4) is 0 Å². The van der Waals surface area contributed by atoms with E-state index in [-0.39, 0.29) is 5.92 Å². The van der Waals surface area contributed by atoms with Gasteiger partial charge in [-0.2, -0.15) is 0 Å². The van der Waals surface area contributed by atoms with Gasteiger partial charge in [0.1, 0.15) is 0 Å². The van der Waals surface area contributed by atoms with E-state index in [9.17, 15) is 4.79 Å². The Balaban J connectivity index is 2.65. The average molecular weight is 201 g/mol. The second-order valence-electron chi connectivity index (χ2n) is 2.94. The summed E-state index contributed by atoms with van der Waals surface area (Å²) in [5, 5.41) is 3.35. The van der Waals surface area contributed by atoms with Crippen molar-refractivity contribution in [1.29, 1.82) is 0 Å². The largest absolute Gasteiger partial charge is 0.358 e. The molecular formula is C9H13ClN2O. The van der Waals surface area contributed by atoms with Crippen LogP contribution in [0.1, 0.15) is 6.42 Å². The predicted molar refractivity (Wildman–Crippen MR) is 53.2 cm³/mol. The highest BCUT2D eigenvalue weighted by Gasteiger charge is 2.17. The molecule has 1 unspecified atom stereocenters. The third-order valence-electron chi connectivity index (χ3n) is 2.15. The van der Waals surface area contributed by atoms with Crippen LogP contribution in [0.5, 0.6) is 0 Å². The van der Waals surface area contributed by atoms with Crippen LogP contribution in [0.2, 0.25) is 0 Å². The van der Waals surface area contributed by atoms with Crippen LogP contribution in [0.15, 0.2) is 22.8 Å². The molecule has 1 atom stereocenters. The van der Waals surface area contributed by atoms with Gasteiger partial charge < -0.3 is 11.1 Å². The predicted octanol–water partition coefficient (Wildman–Crippen LogP) is 0.760. The Hall–Kier alpha value is -0.800. The van der Waals surface area contributed by atoms with E-state index < -0.39 is 0 Å². The summed E-state index contributed by atoms with van der Waals surface area (Å²) in [5.74, 6) is 0.257. The summed E-state index contributed by atoms with van der Waals surface area (Å²) < 4.78 is 0. The Morgan fingerprint density at radius 1 is 1.77 bits per heavy atom. The van der Waals surface area contributed by atoms with Gasteiger partial charge in [0.15, 0.2) is 0 Å². The van der Waals surface area contributed by atoms with Crippen LogP contribution in [-0.2, 0) is 4.79 Å². The maximum atomic E-state index is 10.1. The number of amides is 1. The number of hydrogen-bond acceptors (Lipinski definition) is 2. The van der Waals surface area contributed by atoms with Crippen molar-refractivity contribution in [3.05, 3.63) is 22.8 Å². The van der Waals surface area contributed by atoms with Crippen LogP contribution in [0.25, 0.3) is 0 Å². The van der Waals surface area contributed by atoms with Crippen LogP contribution >= 0.6 is 11.6 Å². The minimum Gasteiger partial charge on any atom is -0.358 e. The van der Waals surface area contributed by atoms with Crippen LogP contribution in [0.4, 0.5) is 0 Å². The number of carbonyl (C=O) groups excluding carboxylic acids is 1. The van der Waals surface area contributed by atoms with Crippen molar-refractivity contribution in [3.8, 4) is 0 Å². The smallest absolute Gasteiger partial charge is 0.207 e. The maximum Gasteiger partial charge on any atom is 0.207 e. The molecule has 3 nitrogen and oxygen atoms in total. The average Bonchev–Trinajstić information content (AvgIpc) is 2.15. The fourth-order valence-corrected chi connectivity index (χ4v) is 1.76. The molecule has 1 aliphatic rings. The SMILES string of the molecule is NCC1=C(Cl)C=CCC1CNC=O. The molecule has 0 aliphatic heterocycles. The molecule has 0 spiro atoms. The molecule has 0 heterocycles. The van der Waals surface area contributed by atoms with Gasteiger partial charge in [-0.25, -0.2) is 0 Å². The molecule has 0 saturated heterocycles. The van der Waals surface area contributed by atoms with E-state index in [0.29, 0.717) is 24.5 Å². The zero-order valence-corrected chi connectivity index (χ0v) is 8.05. The van der Waals surface area contributed by atoms with Gasteiger partial charge >= 0.3 is 0 Å². The first-order chi connectivity index (χ1) is 6.29. The van der Waals surface area contributed by atoms with Crippen molar-refractivity contribution in [2.75, 3.05) is 13.1 Å². The van der Waals surface area contributed by atoms with Gasteiger partial charge in [0.05, 0.1) is 0 Å². The quantitative estimate of drug-likeness (QED) is 0.659. The first-order valence-electron chi connectivity index (χ1n) is 4.21. The number of nitrogens with two attached hydrogens (primary N) is 1. The number of rotatable bonds is 4. The Morgan fingerprint density at radius 3 is 3.15 bits per heavy atom. The van der Waals surface area contributed by atoms with Crippen LogP contribution in [-0.4, -0.2) is 19.5 Å². The number of halogens is 1. The molecule has 0 aromatic heterocycles. The van der Waals surface area contributed by atoms with Gasteiger partial charge in [-0.05, 0) is 18.1 Å². The third-order valence-corrected chi connectivity index (χ3v) is 2.52. The van der Waals surface area contributed by atoms with E-state index in [4.69, 9.17) is 17.3 Å². The van der Waals surface area contributed by atoms with E-state index in [1.165, 1.54) is 0 Å². The highest BCUT2D eigenvalue weighted by atomic mass is 35.5. The lowest BCUT2D eigenvalue weighted by atomic mass is 9.91. The molecule has 1 rings (SSSR count). The Morgan fingerprint density at radius 2 is 2.54 bits per heavy atom. The molecule has 4 heteroatoms. The van der Waals surface area contributed by atoms with Crippen LogP contribution < -0.4 is 11.1 Å². The molecule has 0 fully saturated rings. The summed E-state index contributed by atoms with van der Waals surface area (Å²) >= 11 is 5.95. The summed E-state index contributed by atoms with van der Waals surface area (Å²) in [4.78, 5) is 10.1. The van der Waals surface area contributed by atoms with E-state index in [1.54, 1.807) is 0 Å². The second-order valence-corrected chi connectivity index (χ2v) is 3.35. The van der Waals surface area contributed by atoms with Crippen molar-refractivity contribution in [2.45, 2.75) is 6.42 Å². The van der Waals surface area contributed by atoms with E-state index >= 15 is 0 Å². The molecule has 0 saturated carbocycles. The molecule has 72 valence electrons. The monoisotopic (exact) mass is 200 g/mol. The minimum absolute atomic E-state index is 0.257. The van der Waals surface area contributed by atoms with Crippen molar-refractivity contribution in [3.63, 3.8) is 0 Å². The standard InChI is InChI=1S/C9H13ClN2O/c10-9-3-1-2-7(5-12-6-13)8(9)4-11/h1,3,6-7H,2,4-5,11H2,(H,12,13). The number of hydrogen-bond donors (Lipinski definition) is 2. The molecule has 0 bridgehead atoms. The fraction of sp³-hybridized carbons (Fsp3) is 0.444. The molecule has 1 aliphatic carbocycles. The lowest BCUT2D eigenvalue weighted by Crippen LogP contribution is -2.27. The zero-order chi connectivity index (χ0) is 9.68. The summed E-state index contributed by atoms with van der Waals surface area (Å²) in [5.41, 5.74) is 6.59. The van der Waals surface area contributed by atoms with Crippen molar-refractivity contribution >= 4 is 18.0 Å². The molecule has 1 amide bonds. The highest BCUT2D eigenvalue weighted by Crippen LogP contribution is 2.26. The normalized spacial score (nSPS) is 21.8. The molecule has 13 heavy (non-hydrogen) atoms. The Labute approximate surface area is 82.6 Å². The lowest BCUT2D eigenvalue weighted by molar-refractivity contribution is -0.109. The van der Waals surface area contributed by atoms with Crippen LogP contribution in [0, 0.1) is 5.92 Å². The van der Waals surface area contributed by atoms with Gasteiger partial charge in [0.25, 0.3) is 0 Å². The lowest BCUT2D eigenvalue weighted by Gasteiger charge is -2.21. The molecule has 0 aromatic rings. The van der Waals surface area contributed by atoms with Gasteiger partial charge in [-0.3, -0.25) is 4.79 Å². The summed E-state index contributed by atoms with van der Waals surface area (Å²) in [6.45, 7) is 1.06. The second kappa shape index (κ2) is 5.04. The van der Waals surface area contributed by atoms with Crippen molar-refractivity contribution in [2.24, 2.45) is 11.7 Å². The number of carbonyl (C=O) groups is 1. The first-order valence-corrected chi connectivity index (χ1v) is 4.59. The number of allylic oxidation sites excluding steroid dienone is 3. The fourth-order valence-electron chi connectivity index (χ4n) is 1.44. The van der Waals surface area contributed by atoms with E-state index in [1.807, 2.05) is 12.2 Å². The van der Waals surface area contributed by atoms with Gasteiger partial charge in [0, 0.05) is 24.0 Å². The minimum atomic E-state index is 0.257. The first kappa shape index (κ1) is 10.3. The molecule has 3 N–H and O–H groups in total. The summed E-state index contributed by atoms with van der Waals surface area (Å²) in [6.07, 6.45) is 5.45. The molecule has 0 aromatic carbocycles. The third kappa shape index (κ3) is 2.57. The number of nitrogens with one attached hydrogen (secondary N) is 1. The summed E-state index contributed by atoms with van der Waals surface area (Å²) in [7, 11) is 0. The van der Waals surface area contributed by atoms with Gasteiger partial charge in [0.2, 0.25) is 6.41 Å². The Kier molecular flexibility index (Phi) is 3.99. The van der Waals surface area contributed by atoms with Gasteiger partial charge in [-0.15, -0.1) is 0 Å². The molecule has 0 radical (unpaired) electrons. The topological polar surface area (TPSA) is 55.1 Å². The van der Waals surface area contributed by atoms with Crippen molar-refractivity contribution < 1.29 is 4.79 Å². The van der Waals surface area contributed by atoms with E-state index in [2.05, 4.69) is 5.32 Å². The Bertz CT molecular complexity index is 248. The molecular weight excluding hydrogens is 188 g/mol. The summed E-state index contributed by atoms with van der Waals surface area (Å²) in [6, 6.07) is 0.